The van der Waals surface area contributed by atoms with Crippen LogP contribution in [0.3, 0.4) is 0 Å². The fourth-order valence-electron chi connectivity index (χ4n) is 2.57. The highest BCUT2D eigenvalue weighted by atomic mass is 19.4. The number of benzene rings is 1. The molecule has 1 nitrogen and oxygen atoms in total. The maximum Gasteiger partial charge on any atom is 0.417 e. The van der Waals surface area contributed by atoms with Gasteiger partial charge in [0.2, 0.25) is 0 Å². The highest BCUT2D eigenvalue weighted by Crippen LogP contribution is 2.35. The summed E-state index contributed by atoms with van der Waals surface area (Å²) in [6, 6.07) is 5.75. The summed E-state index contributed by atoms with van der Waals surface area (Å²) < 4.78 is 39.0. The summed E-state index contributed by atoms with van der Waals surface area (Å²) in [6.07, 6.45) is 1.71. The standard InChI is InChI=1S/C17H22F3N/c1-3-5-6-7-8-13(4-2)14-9-10-15(12-21)16(11-14)17(18,19)20/h9-11,13H,3-8H2,1-2H3. The molecular formula is C17H22F3N. The maximum absolute atomic E-state index is 13.0. The molecule has 1 rings (SSSR count). The molecule has 0 aliphatic rings. The van der Waals surface area contributed by atoms with Crippen molar-refractivity contribution < 1.29 is 13.2 Å². The van der Waals surface area contributed by atoms with E-state index in [-0.39, 0.29) is 11.5 Å². The molecule has 0 aromatic heterocycles. The second-order valence-corrected chi connectivity index (χ2v) is 5.37. The number of nitriles is 1. The Kier molecular flexibility index (Phi) is 6.74. The van der Waals surface area contributed by atoms with Crippen molar-refractivity contribution in [3.05, 3.63) is 34.9 Å². The zero-order valence-corrected chi connectivity index (χ0v) is 12.6. The summed E-state index contributed by atoms with van der Waals surface area (Å²) in [6.45, 7) is 4.13. The molecule has 0 amide bonds. The number of nitrogens with zero attached hydrogens (tertiary/aromatic N) is 1. The van der Waals surface area contributed by atoms with Gasteiger partial charge in [0.15, 0.2) is 0 Å². The number of hydrogen-bond donors (Lipinski definition) is 0. The van der Waals surface area contributed by atoms with Gasteiger partial charge in [0.25, 0.3) is 0 Å². The summed E-state index contributed by atoms with van der Waals surface area (Å²) in [5.41, 5.74) is -0.415. The Labute approximate surface area is 124 Å². The third-order valence-electron chi connectivity index (χ3n) is 3.84. The molecule has 0 saturated carbocycles. The minimum absolute atomic E-state index is 0.135. The largest absolute Gasteiger partial charge is 0.417 e. The van der Waals surface area contributed by atoms with Gasteiger partial charge in [0.05, 0.1) is 17.2 Å². The van der Waals surface area contributed by atoms with Gasteiger partial charge in [-0.1, -0.05) is 45.6 Å². The lowest BCUT2D eigenvalue weighted by atomic mass is 9.88. The molecule has 0 N–H and O–H groups in total. The molecule has 0 heterocycles. The van der Waals surface area contributed by atoms with Gasteiger partial charge in [-0.2, -0.15) is 18.4 Å². The molecule has 0 spiro atoms. The summed E-state index contributed by atoms with van der Waals surface area (Å²) in [7, 11) is 0. The Morgan fingerprint density at radius 1 is 1.14 bits per heavy atom. The summed E-state index contributed by atoms with van der Waals surface area (Å²) in [5.74, 6) is 0.135. The van der Waals surface area contributed by atoms with E-state index in [0.717, 1.165) is 44.6 Å². The first-order chi connectivity index (χ1) is 9.93. The molecular weight excluding hydrogens is 275 g/mol. The van der Waals surface area contributed by atoms with Gasteiger partial charge in [0.1, 0.15) is 0 Å². The van der Waals surface area contributed by atoms with E-state index in [2.05, 4.69) is 6.92 Å². The predicted octanol–water partition coefficient (Wildman–Crippen LogP) is 6.04. The Balaban J connectivity index is 2.93. The molecule has 0 fully saturated rings. The Hall–Kier alpha value is -1.50. The topological polar surface area (TPSA) is 23.8 Å². The Morgan fingerprint density at radius 3 is 2.38 bits per heavy atom. The minimum Gasteiger partial charge on any atom is -0.192 e. The summed E-state index contributed by atoms with van der Waals surface area (Å²) in [5, 5.41) is 8.82. The molecule has 0 aliphatic heterocycles. The molecule has 21 heavy (non-hydrogen) atoms. The summed E-state index contributed by atoms with van der Waals surface area (Å²) in [4.78, 5) is 0. The number of alkyl halides is 3. The van der Waals surface area contributed by atoms with Gasteiger partial charge >= 0.3 is 6.18 Å². The lowest BCUT2D eigenvalue weighted by Crippen LogP contribution is -2.10. The van der Waals surface area contributed by atoms with Crippen LogP contribution in [-0.4, -0.2) is 0 Å². The predicted molar refractivity (Wildman–Crippen MR) is 78.0 cm³/mol. The summed E-state index contributed by atoms with van der Waals surface area (Å²) >= 11 is 0. The van der Waals surface area contributed by atoms with Crippen LogP contribution in [0.4, 0.5) is 13.2 Å². The van der Waals surface area contributed by atoms with E-state index in [1.807, 2.05) is 6.92 Å². The van der Waals surface area contributed by atoms with Crippen molar-refractivity contribution in [1.82, 2.24) is 0 Å². The molecule has 0 radical (unpaired) electrons. The molecule has 1 unspecified atom stereocenters. The van der Waals surface area contributed by atoms with Crippen molar-refractivity contribution >= 4 is 0 Å². The van der Waals surface area contributed by atoms with E-state index in [1.165, 1.54) is 6.07 Å². The molecule has 0 saturated heterocycles. The van der Waals surface area contributed by atoms with E-state index in [1.54, 1.807) is 12.1 Å². The molecule has 4 heteroatoms. The second kappa shape index (κ2) is 8.07. The zero-order valence-electron chi connectivity index (χ0n) is 12.6. The van der Waals surface area contributed by atoms with E-state index in [4.69, 9.17) is 5.26 Å². The zero-order chi connectivity index (χ0) is 15.9. The van der Waals surface area contributed by atoms with Gasteiger partial charge in [-0.05, 0) is 36.5 Å². The highest BCUT2D eigenvalue weighted by molar-refractivity contribution is 5.43. The Bertz CT molecular complexity index is 486. The fraction of sp³-hybridized carbons (Fsp3) is 0.588. The molecule has 1 atom stereocenters. The Morgan fingerprint density at radius 2 is 1.86 bits per heavy atom. The van der Waals surface area contributed by atoms with Crippen LogP contribution in [0.25, 0.3) is 0 Å². The molecule has 116 valence electrons. The maximum atomic E-state index is 13.0. The van der Waals surface area contributed by atoms with Gasteiger partial charge in [0, 0.05) is 0 Å². The molecule has 0 aliphatic carbocycles. The smallest absolute Gasteiger partial charge is 0.192 e. The normalized spacial score (nSPS) is 13.0. The van der Waals surface area contributed by atoms with Crippen molar-refractivity contribution in [1.29, 1.82) is 5.26 Å². The number of rotatable bonds is 7. The van der Waals surface area contributed by atoms with Crippen molar-refractivity contribution in [3.8, 4) is 6.07 Å². The minimum atomic E-state index is -4.47. The van der Waals surface area contributed by atoms with Crippen LogP contribution in [0.5, 0.6) is 0 Å². The highest BCUT2D eigenvalue weighted by Gasteiger charge is 2.34. The number of unbranched alkanes of at least 4 members (excludes halogenated alkanes) is 3. The van der Waals surface area contributed by atoms with E-state index in [9.17, 15) is 13.2 Å². The van der Waals surface area contributed by atoms with Gasteiger partial charge in [-0.3, -0.25) is 0 Å². The van der Waals surface area contributed by atoms with Crippen LogP contribution in [0.1, 0.15) is 75.0 Å². The van der Waals surface area contributed by atoms with Crippen LogP contribution in [0, 0.1) is 11.3 Å². The van der Waals surface area contributed by atoms with Crippen molar-refractivity contribution in [2.45, 2.75) is 64.5 Å². The average molecular weight is 297 g/mol. The SMILES string of the molecule is CCCCCCC(CC)c1ccc(C#N)c(C(F)(F)F)c1. The van der Waals surface area contributed by atoms with Crippen molar-refractivity contribution in [2.24, 2.45) is 0 Å². The number of halogens is 3. The third-order valence-corrected chi connectivity index (χ3v) is 3.84. The van der Waals surface area contributed by atoms with Crippen molar-refractivity contribution in [3.63, 3.8) is 0 Å². The quantitative estimate of drug-likeness (QED) is 0.563. The van der Waals surface area contributed by atoms with Crippen LogP contribution in [0.2, 0.25) is 0 Å². The first-order valence-electron chi connectivity index (χ1n) is 7.55. The third kappa shape index (κ3) is 5.08. The van der Waals surface area contributed by atoms with E-state index < -0.39 is 11.7 Å². The van der Waals surface area contributed by atoms with E-state index >= 15 is 0 Å². The monoisotopic (exact) mass is 297 g/mol. The lowest BCUT2D eigenvalue weighted by Gasteiger charge is -2.18. The number of hydrogen-bond acceptors (Lipinski definition) is 1. The van der Waals surface area contributed by atoms with Crippen LogP contribution in [0.15, 0.2) is 18.2 Å². The lowest BCUT2D eigenvalue weighted by molar-refractivity contribution is -0.137. The van der Waals surface area contributed by atoms with Crippen LogP contribution in [-0.2, 0) is 6.18 Å². The van der Waals surface area contributed by atoms with Gasteiger partial charge in [-0.25, -0.2) is 0 Å². The molecule has 0 bridgehead atoms. The second-order valence-electron chi connectivity index (χ2n) is 5.37. The molecule has 1 aromatic rings. The molecule has 1 aromatic carbocycles. The first kappa shape index (κ1) is 17.6. The van der Waals surface area contributed by atoms with Crippen LogP contribution >= 0.6 is 0 Å². The van der Waals surface area contributed by atoms with Crippen LogP contribution < -0.4 is 0 Å². The van der Waals surface area contributed by atoms with Gasteiger partial charge in [-0.15, -0.1) is 0 Å². The first-order valence-corrected chi connectivity index (χ1v) is 7.55. The average Bonchev–Trinajstić information content (AvgIpc) is 2.46. The fourth-order valence-corrected chi connectivity index (χ4v) is 2.57. The van der Waals surface area contributed by atoms with Gasteiger partial charge < -0.3 is 0 Å². The van der Waals surface area contributed by atoms with Crippen molar-refractivity contribution in [2.75, 3.05) is 0 Å². The van der Waals surface area contributed by atoms with E-state index in [0.29, 0.717) is 5.56 Å².